The molecule has 1 aliphatic rings. The first-order valence-electron chi connectivity index (χ1n) is 9.73. The van der Waals surface area contributed by atoms with E-state index in [1.165, 1.54) is 4.90 Å². The molecule has 0 radical (unpaired) electrons. The molecule has 0 atom stereocenters. The highest BCUT2D eigenvalue weighted by atomic mass is 35.5. The molecule has 1 aromatic heterocycles. The van der Waals surface area contributed by atoms with E-state index in [0.29, 0.717) is 28.1 Å². The van der Waals surface area contributed by atoms with E-state index in [4.69, 9.17) is 28.6 Å². The Kier molecular flexibility index (Phi) is 5.80. The highest BCUT2D eigenvalue weighted by Crippen LogP contribution is 2.31. The van der Waals surface area contributed by atoms with Gasteiger partial charge < -0.3 is 14.2 Å². The molecule has 0 N–H and O–H groups in total. The maximum absolute atomic E-state index is 13.2. The molecule has 4 rings (SSSR count). The van der Waals surface area contributed by atoms with Gasteiger partial charge in [0.05, 0.1) is 12.3 Å². The van der Waals surface area contributed by atoms with Crippen LogP contribution in [0.25, 0.3) is 17.0 Å². The van der Waals surface area contributed by atoms with Gasteiger partial charge in [0.2, 0.25) is 0 Å². The lowest BCUT2D eigenvalue weighted by molar-refractivity contribution is -0.143. The summed E-state index contributed by atoms with van der Waals surface area (Å²) in [4.78, 5) is 28.4. The average molecular weight is 454 g/mol. The maximum Gasteiger partial charge on any atom is 0.325 e. The van der Waals surface area contributed by atoms with Crippen molar-refractivity contribution in [3.8, 4) is 0 Å². The van der Waals surface area contributed by atoms with Crippen molar-refractivity contribution in [1.29, 1.82) is 0 Å². The van der Waals surface area contributed by atoms with Crippen LogP contribution in [0.3, 0.4) is 0 Å². The Labute approximate surface area is 190 Å². The number of benzene rings is 2. The number of nitrogens with zero attached hydrogens (tertiary/aromatic N) is 3. The largest absolute Gasteiger partial charge is 0.465 e. The molecular formula is C23H20ClN3O3S. The molecule has 3 aromatic rings. The first-order valence-corrected chi connectivity index (χ1v) is 10.5. The second-order valence-electron chi connectivity index (χ2n) is 7.02. The SMILES string of the molecule is CCOC(=O)Cn1cc(/C=C2/C(=O)N(c3ccc(Cl)cc3)C(=S)N2C)c2ccccc21. The van der Waals surface area contributed by atoms with Crippen molar-refractivity contribution < 1.29 is 14.3 Å². The molecule has 0 bridgehead atoms. The van der Waals surface area contributed by atoms with E-state index in [-0.39, 0.29) is 18.4 Å². The van der Waals surface area contributed by atoms with Gasteiger partial charge in [0, 0.05) is 34.7 Å². The van der Waals surface area contributed by atoms with Gasteiger partial charge in [-0.25, -0.2) is 0 Å². The van der Waals surface area contributed by atoms with Crippen LogP contribution in [0, 0.1) is 0 Å². The first-order chi connectivity index (χ1) is 14.9. The summed E-state index contributed by atoms with van der Waals surface area (Å²) < 4.78 is 6.91. The number of para-hydroxylation sites is 1. The molecule has 0 spiro atoms. The van der Waals surface area contributed by atoms with E-state index >= 15 is 0 Å². The minimum absolute atomic E-state index is 0.0939. The number of ether oxygens (including phenoxy) is 1. The van der Waals surface area contributed by atoms with Gasteiger partial charge in [-0.3, -0.25) is 14.5 Å². The first kappa shape index (κ1) is 21.1. The molecule has 1 amide bonds. The Balaban J connectivity index is 1.74. The minimum Gasteiger partial charge on any atom is -0.465 e. The summed E-state index contributed by atoms with van der Waals surface area (Å²) >= 11 is 11.5. The van der Waals surface area contributed by atoms with E-state index in [1.54, 1.807) is 49.2 Å². The van der Waals surface area contributed by atoms with Crippen LogP contribution in [-0.4, -0.2) is 40.1 Å². The lowest BCUT2D eigenvalue weighted by atomic mass is 10.1. The van der Waals surface area contributed by atoms with Gasteiger partial charge >= 0.3 is 5.97 Å². The molecule has 1 saturated heterocycles. The second kappa shape index (κ2) is 8.53. The fourth-order valence-electron chi connectivity index (χ4n) is 3.59. The monoisotopic (exact) mass is 453 g/mol. The van der Waals surface area contributed by atoms with Crippen molar-refractivity contribution in [3.05, 3.63) is 71.0 Å². The molecule has 158 valence electrons. The van der Waals surface area contributed by atoms with Crippen molar-refractivity contribution in [3.63, 3.8) is 0 Å². The van der Waals surface area contributed by atoms with Gasteiger partial charge in [-0.05, 0) is 55.5 Å². The number of carbonyl (C=O) groups excluding carboxylic acids is 2. The summed E-state index contributed by atoms with van der Waals surface area (Å²) in [6, 6.07) is 14.7. The zero-order valence-electron chi connectivity index (χ0n) is 17.0. The average Bonchev–Trinajstić information content (AvgIpc) is 3.19. The molecule has 2 heterocycles. The van der Waals surface area contributed by atoms with Crippen LogP contribution in [0.15, 0.2) is 60.4 Å². The number of fused-ring (bicyclic) bond motifs is 1. The third-order valence-electron chi connectivity index (χ3n) is 5.06. The summed E-state index contributed by atoms with van der Waals surface area (Å²) in [6.45, 7) is 2.20. The van der Waals surface area contributed by atoms with Crippen LogP contribution in [0.5, 0.6) is 0 Å². The van der Waals surface area contributed by atoms with Crippen molar-refractivity contribution in [2.24, 2.45) is 0 Å². The lowest BCUT2D eigenvalue weighted by Gasteiger charge is -2.16. The van der Waals surface area contributed by atoms with Crippen LogP contribution in [0.1, 0.15) is 12.5 Å². The van der Waals surface area contributed by atoms with E-state index in [2.05, 4.69) is 0 Å². The number of likely N-dealkylation sites (N-methyl/N-ethyl adjacent to an activating group) is 1. The summed E-state index contributed by atoms with van der Waals surface area (Å²) in [7, 11) is 1.76. The zero-order valence-corrected chi connectivity index (χ0v) is 18.6. The van der Waals surface area contributed by atoms with Crippen LogP contribution < -0.4 is 4.90 Å². The highest BCUT2D eigenvalue weighted by Gasteiger charge is 2.37. The second-order valence-corrected chi connectivity index (χ2v) is 7.82. The Morgan fingerprint density at radius 1 is 1.16 bits per heavy atom. The van der Waals surface area contributed by atoms with Crippen molar-refractivity contribution in [2.45, 2.75) is 13.5 Å². The predicted molar refractivity (Wildman–Crippen MR) is 126 cm³/mol. The van der Waals surface area contributed by atoms with Gasteiger partial charge in [-0.15, -0.1) is 0 Å². The van der Waals surface area contributed by atoms with Gasteiger partial charge in [0.15, 0.2) is 5.11 Å². The van der Waals surface area contributed by atoms with Crippen LogP contribution in [-0.2, 0) is 20.9 Å². The van der Waals surface area contributed by atoms with Crippen molar-refractivity contribution >= 4 is 63.5 Å². The zero-order chi connectivity index (χ0) is 22.1. The Morgan fingerprint density at radius 3 is 2.58 bits per heavy atom. The summed E-state index contributed by atoms with van der Waals surface area (Å²) in [5.41, 5.74) is 2.79. The molecule has 0 saturated carbocycles. The van der Waals surface area contributed by atoms with Crippen molar-refractivity contribution in [1.82, 2.24) is 9.47 Å². The number of thiocarbonyl (C=S) groups is 1. The number of esters is 1. The molecule has 2 aromatic carbocycles. The normalized spacial score (nSPS) is 15.4. The van der Waals surface area contributed by atoms with E-state index < -0.39 is 0 Å². The molecule has 6 nitrogen and oxygen atoms in total. The number of hydrogen-bond donors (Lipinski definition) is 0. The quantitative estimate of drug-likeness (QED) is 0.324. The molecule has 1 fully saturated rings. The standard InChI is InChI=1S/C23H20ClN3O3S/c1-3-30-21(28)14-26-13-15(18-6-4-5-7-19(18)26)12-20-22(29)27(23(31)25(20)2)17-10-8-16(24)9-11-17/h4-13H,3,14H2,1-2H3/b20-12-. The molecular weight excluding hydrogens is 434 g/mol. The number of anilines is 1. The number of rotatable bonds is 5. The molecule has 31 heavy (non-hydrogen) atoms. The van der Waals surface area contributed by atoms with E-state index in [9.17, 15) is 9.59 Å². The van der Waals surface area contributed by atoms with Crippen LogP contribution >= 0.6 is 23.8 Å². The van der Waals surface area contributed by atoms with Gasteiger partial charge in [0.1, 0.15) is 12.2 Å². The number of halogens is 1. The highest BCUT2D eigenvalue weighted by molar-refractivity contribution is 7.80. The fraction of sp³-hybridized carbons (Fsp3) is 0.174. The third-order valence-corrected chi connectivity index (χ3v) is 5.77. The maximum atomic E-state index is 13.2. The minimum atomic E-state index is -0.313. The number of aromatic nitrogens is 1. The van der Waals surface area contributed by atoms with Crippen LogP contribution in [0.4, 0.5) is 5.69 Å². The number of hydrogen-bond acceptors (Lipinski definition) is 4. The number of carbonyl (C=O) groups is 2. The van der Waals surface area contributed by atoms with Gasteiger partial charge in [-0.1, -0.05) is 29.8 Å². The third kappa shape index (κ3) is 3.94. The van der Waals surface area contributed by atoms with E-state index in [1.807, 2.05) is 35.0 Å². The van der Waals surface area contributed by atoms with E-state index in [0.717, 1.165) is 16.5 Å². The fourth-order valence-corrected chi connectivity index (χ4v) is 4.00. The van der Waals surface area contributed by atoms with Gasteiger partial charge in [0.25, 0.3) is 5.91 Å². The topological polar surface area (TPSA) is 54.8 Å². The summed E-state index contributed by atoms with van der Waals surface area (Å²) in [6.07, 6.45) is 3.65. The summed E-state index contributed by atoms with van der Waals surface area (Å²) in [5, 5.41) is 1.89. The Morgan fingerprint density at radius 2 is 1.87 bits per heavy atom. The van der Waals surface area contributed by atoms with Crippen molar-refractivity contribution in [2.75, 3.05) is 18.6 Å². The number of amides is 1. The lowest BCUT2D eigenvalue weighted by Crippen LogP contribution is -2.31. The van der Waals surface area contributed by atoms with Gasteiger partial charge in [-0.2, -0.15) is 0 Å². The molecule has 0 unspecified atom stereocenters. The van der Waals surface area contributed by atoms with Crippen LogP contribution in [0.2, 0.25) is 5.02 Å². The molecule has 0 aliphatic carbocycles. The predicted octanol–water partition coefficient (Wildman–Crippen LogP) is 4.46. The Hall–Kier alpha value is -3.16. The smallest absolute Gasteiger partial charge is 0.325 e. The molecule has 8 heteroatoms. The summed E-state index contributed by atoms with van der Waals surface area (Å²) in [5.74, 6) is -0.538. The Bertz CT molecular complexity index is 1220. The molecule has 1 aliphatic heterocycles.